The van der Waals surface area contributed by atoms with Crippen LogP contribution < -0.4 is 5.73 Å². The SMILES string of the molecule is CC(C)OCC(C)(N)c1noc(-c2cncs2)n1. The molecule has 0 bridgehead atoms. The largest absolute Gasteiger partial charge is 0.376 e. The van der Waals surface area contributed by atoms with Crippen LogP contribution in [0.1, 0.15) is 26.6 Å². The highest BCUT2D eigenvalue weighted by atomic mass is 32.1. The van der Waals surface area contributed by atoms with Crippen LogP contribution in [0.15, 0.2) is 16.2 Å². The summed E-state index contributed by atoms with van der Waals surface area (Å²) in [6.45, 7) is 6.06. The molecule has 98 valence electrons. The summed E-state index contributed by atoms with van der Waals surface area (Å²) < 4.78 is 10.7. The van der Waals surface area contributed by atoms with Crippen LogP contribution in [0.2, 0.25) is 0 Å². The molecule has 18 heavy (non-hydrogen) atoms. The predicted octanol–water partition coefficient (Wildman–Crippen LogP) is 1.79. The number of nitrogens with two attached hydrogens (primary N) is 1. The Hall–Kier alpha value is -1.31. The molecule has 0 aliphatic rings. The minimum absolute atomic E-state index is 0.112. The van der Waals surface area contributed by atoms with Crippen molar-refractivity contribution in [1.82, 2.24) is 15.1 Å². The van der Waals surface area contributed by atoms with Crippen molar-refractivity contribution in [2.75, 3.05) is 6.61 Å². The predicted molar refractivity (Wildman–Crippen MR) is 68.0 cm³/mol. The van der Waals surface area contributed by atoms with Gasteiger partial charge in [0.1, 0.15) is 10.4 Å². The van der Waals surface area contributed by atoms with Crippen LogP contribution in [0, 0.1) is 0 Å². The Labute approximate surface area is 109 Å². The summed E-state index contributed by atoms with van der Waals surface area (Å²) in [5.74, 6) is 0.875. The molecule has 2 aromatic heterocycles. The monoisotopic (exact) mass is 268 g/mol. The van der Waals surface area contributed by atoms with Crippen molar-refractivity contribution in [3.63, 3.8) is 0 Å². The zero-order valence-electron chi connectivity index (χ0n) is 10.6. The highest BCUT2D eigenvalue weighted by Gasteiger charge is 2.28. The fraction of sp³-hybridized carbons (Fsp3) is 0.545. The van der Waals surface area contributed by atoms with E-state index in [9.17, 15) is 0 Å². The molecule has 2 N–H and O–H groups in total. The van der Waals surface area contributed by atoms with Crippen LogP contribution >= 0.6 is 11.3 Å². The van der Waals surface area contributed by atoms with Gasteiger partial charge in [0.15, 0.2) is 5.82 Å². The average Bonchev–Trinajstić information content (AvgIpc) is 2.96. The topological polar surface area (TPSA) is 87.1 Å². The van der Waals surface area contributed by atoms with Crippen LogP contribution in [0.4, 0.5) is 0 Å². The first-order valence-corrected chi connectivity index (χ1v) is 6.50. The third kappa shape index (κ3) is 2.92. The second-order valence-electron chi connectivity index (χ2n) is 4.57. The third-order valence-electron chi connectivity index (χ3n) is 2.30. The number of thiazole rings is 1. The van der Waals surface area contributed by atoms with Crippen molar-refractivity contribution >= 4 is 11.3 Å². The van der Waals surface area contributed by atoms with Crippen molar-refractivity contribution in [3.8, 4) is 10.8 Å². The zero-order valence-corrected chi connectivity index (χ0v) is 11.4. The van der Waals surface area contributed by atoms with Crippen LogP contribution in [0.25, 0.3) is 10.8 Å². The summed E-state index contributed by atoms with van der Waals surface area (Å²) >= 11 is 1.44. The average molecular weight is 268 g/mol. The molecule has 7 heteroatoms. The molecule has 0 fully saturated rings. The molecule has 0 radical (unpaired) electrons. The first-order valence-electron chi connectivity index (χ1n) is 5.62. The lowest BCUT2D eigenvalue weighted by Crippen LogP contribution is -2.40. The van der Waals surface area contributed by atoms with E-state index >= 15 is 0 Å². The van der Waals surface area contributed by atoms with Crippen molar-refractivity contribution < 1.29 is 9.26 Å². The number of ether oxygens (including phenoxy) is 1. The molecule has 0 spiro atoms. The van der Waals surface area contributed by atoms with Gasteiger partial charge in [0.05, 0.1) is 24.4 Å². The van der Waals surface area contributed by atoms with E-state index in [0.29, 0.717) is 18.3 Å². The van der Waals surface area contributed by atoms with E-state index in [1.807, 2.05) is 20.8 Å². The number of hydrogen-bond acceptors (Lipinski definition) is 7. The van der Waals surface area contributed by atoms with E-state index in [1.54, 1.807) is 11.7 Å². The van der Waals surface area contributed by atoms with E-state index < -0.39 is 5.54 Å². The molecular weight excluding hydrogens is 252 g/mol. The lowest BCUT2D eigenvalue weighted by molar-refractivity contribution is 0.0410. The smallest absolute Gasteiger partial charge is 0.269 e. The van der Waals surface area contributed by atoms with Gasteiger partial charge in [-0.25, -0.2) is 0 Å². The molecule has 0 amide bonds. The molecule has 0 saturated carbocycles. The van der Waals surface area contributed by atoms with Crippen molar-refractivity contribution in [2.24, 2.45) is 5.73 Å². The Morgan fingerprint density at radius 1 is 1.56 bits per heavy atom. The highest BCUT2D eigenvalue weighted by molar-refractivity contribution is 7.13. The van der Waals surface area contributed by atoms with Crippen LogP contribution in [-0.4, -0.2) is 27.8 Å². The van der Waals surface area contributed by atoms with Gasteiger partial charge in [0.2, 0.25) is 0 Å². The van der Waals surface area contributed by atoms with E-state index in [1.165, 1.54) is 11.3 Å². The molecule has 0 aliphatic carbocycles. The van der Waals surface area contributed by atoms with Crippen LogP contribution in [0.3, 0.4) is 0 Å². The quantitative estimate of drug-likeness (QED) is 0.889. The number of aromatic nitrogens is 3. The fourth-order valence-electron chi connectivity index (χ4n) is 1.28. The molecule has 1 atom stereocenters. The first-order chi connectivity index (χ1) is 8.49. The Kier molecular flexibility index (Phi) is 3.74. The summed E-state index contributed by atoms with van der Waals surface area (Å²) in [5.41, 5.74) is 7.07. The third-order valence-corrected chi connectivity index (χ3v) is 3.06. The Balaban J connectivity index is 2.14. The van der Waals surface area contributed by atoms with Gasteiger partial charge in [0, 0.05) is 0 Å². The standard InChI is InChI=1S/C11H16N4O2S/c1-7(2)16-5-11(3,12)10-14-9(17-15-10)8-4-13-6-18-8/h4,6-7H,5,12H2,1-3H3. The normalized spacial score (nSPS) is 14.9. The first kappa shape index (κ1) is 13.1. The molecule has 2 heterocycles. The number of hydrogen-bond donors (Lipinski definition) is 1. The van der Waals surface area contributed by atoms with Gasteiger partial charge in [-0.2, -0.15) is 4.98 Å². The Morgan fingerprint density at radius 2 is 2.33 bits per heavy atom. The lowest BCUT2D eigenvalue weighted by atomic mass is 10.1. The zero-order chi connectivity index (χ0) is 13.2. The summed E-state index contributed by atoms with van der Waals surface area (Å²) in [6, 6.07) is 0. The van der Waals surface area contributed by atoms with E-state index in [0.717, 1.165) is 4.88 Å². The minimum Gasteiger partial charge on any atom is -0.376 e. The summed E-state index contributed by atoms with van der Waals surface area (Å²) in [5, 5.41) is 3.91. The van der Waals surface area contributed by atoms with E-state index in [4.69, 9.17) is 15.0 Å². The van der Waals surface area contributed by atoms with Gasteiger partial charge in [-0.1, -0.05) is 5.16 Å². The van der Waals surface area contributed by atoms with Crippen molar-refractivity contribution in [3.05, 3.63) is 17.5 Å². The van der Waals surface area contributed by atoms with Gasteiger partial charge >= 0.3 is 0 Å². The summed E-state index contributed by atoms with van der Waals surface area (Å²) in [4.78, 5) is 9.08. The number of nitrogens with zero attached hydrogens (tertiary/aromatic N) is 3. The minimum atomic E-state index is -0.767. The fourth-order valence-corrected chi connectivity index (χ4v) is 1.82. The molecule has 0 aliphatic heterocycles. The van der Waals surface area contributed by atoms with Gasteiger partial charge < -0.3 is 15.0 Å². The maximum absolute atomic E-state index is 6.13. The summed E-state index contributed by atoms with van der Waals surface area (Å²) in [7, 11) is 0. The van der Waals surface area contributed by atoms with Crippen LogP contribution in [-0.2, 0) is 10.3 Å². The molecule has 1 unspecified atom stereocenters. The highest BCUT2D eigenvalue weighted by Crippen LogP contribution is 2.24. The molecule has 2 aromatic rings. The lowest BCUT2D eigenvalue weighted by Gasteiger charge is -2.21. The Bertz CT molecular complexity index is 493. The van der Waals surface area contributed by atoms with Gasteiger partial charge in [-0.15, -0.1) is 11.3 Å². The molecule has 6 nitrogen and oxygen atoms in total. The van der Waals surface area contributed by atoms with Gasteiger partial charge in [0.25, 0.3) is 5.89 Å². The van der Waals surface area contributed by atoms with Crippen LogP contribution in [0.5, 0.6) is 0 Å². The summed E-state index contributed by atoms with van der Waals surface area (Å²) in [6.07, 6.45) is 1.79. The van der Waals surface area contributed by atoms with Crippen molar-refractivity contribution in [2.45, 2.75) is 32.4 Å². The maximum Gasteiger partial charge on any atom is 0.269 e. The van der Waals surface area contributed by atoms with Crippen molar-refractivity contribution in [1.29, 1.82) is 0 Å². The molecule has 0 saturated heterocycles. The number of rotatable bonds is 5. The second-order valence-corrected chi connectivity index (χ2v) is 5.45. The molecule has 2 rings (SSSR count). The molecule has 0 aromatic carbocycles. The van der Waals surface area contributed by atoms with Gasteiger partial charge in [-0.3, -0.25) is 4.98 Å². The second kappa shape index (κ2) is 5.13. The van der Waals surface area contributed by atoms with Gasteiger partial charge in [-0.05, 0) is 20.8 Å². The van der Waals surface area contributed by atoms with E-state index in [-0.39, 0.29) is 6.10 Å². The maximum atomic E-state index is 6.13. The Morgan fingerprint density at radius 3 is 2.94 bits per heavy atom. The van der Waals surface area contributed by atoms with E-state index in [2.05, 4.69) is 15.1 Å². The molecular formula is C11H16N4O2S.